The third-order valence-corrected chi connectivity index (χ3v) is 9.54. The highest BCUT2D eigenvalue weighted by atomic mass is 16.3. The lowest BCUT2D eigenvalue weighted by Gasteiger charge is -2.62. The van der Waals surface area contributed by atoms with Crippen LogP contribution in [-0.4, -0.2) is 11.2 Å². The minimum Gasteiger partial charge on any atom is -0.393 e. The number of allylic oxidation sites excluding steroid dienone is 2. The molecule has 0 spiro atoms. The smallest absolute Gasteiger partial charge is 0.0543 e. The summed E-state index contributed by atoms with van der Waals surface area (Å²) in [4.78, 5) is 0. The lowest BCUT2D eigenvalue weighted by Crippen LogP contribution is -2.55. The van der Waals surface area contributed by atoms with E-state index in [4.69, 9.17) is 0 Å². The Morgan fingerprint density at radius 3 is 2.37 bits per heavy atom. The van der Waals surface area contributed by atoms with Gasteiger partial charge in [0.1, 0.15) is 0 Å². The van der Waals surface area contributed by atoms with Crippen LogP contribution < -0.4 is 0 Å². The van der Waals surface area contributed by atoms with Gasteiger partial charge < -0.3 is 5.11 Å². The lowest BCUT2D eigenvalue weighted by molar-refractivity contribution is -0.136. The second-order valence-corrected chi connectivity index (χ2v) is 10.5. The van der Waals surface area contributed by atoms with Crippen molar-refractivity contribution in [3.63, 3.8) is 0 Å². The average Bonchev–Trinajstić information content (AvgIpc) is 2.83. The molecule has 3 fully saturated rings. The van der Waals surface area contributed by atoms with Gasteiger partial charge in [-0.3, -0.25) is 0 Å². The second kappa shape index (κ2) is 8.60. The van der Waals surface area contributed by atoms with Crippen LogP contribution in [0, 0.1) is 40.4 Å². The van der Waals surface area contributed by atoms with Crippen molar-refractivity contribution in [3.8, 4) is 0 Å². The molecule has 1 nitrogen and oxygen atoms in total. The molecule has 1 N–H and O–H groups in total. The fraction of sp³-hybridized carbons (Fsp3) is 0.923. The zero-order chi connectivity index (χ0) is 19.7. The maximum atomic E-state index is 10.2. The van der Waals surface area contributed by atoms with E-state index >= 15 is 0 Å². The fourth-order valence-electron chi connectivity index (χ4n) is 8.08. The number of rotatable bonds is 2. The SMILES string of the molecule is CC.CCCC1C=CCCC2C3CC[C@H]4C[C@@H](O)CCC4(C)C3CC[C@]12C. The molecule has 0 amide bonds. The van der Waals surface area contributed by atoms with Gasteiger partial charge in [0.2, 0.25) is 0 Å². The molecule has 1 heteroatoms. The van der Waals surface area contributed by atoms with Crippen molar-refractivity contribution >= 4 is 0 Å². The van der Waals surface area contributed by atoms with Gasteiger partial charge >= 0.3 is 0 Å². The summed E-state index contributed by atoms with van der Waals surface area (Å²) in [5.74, 6) is 4.41. The summed E-state index contributed by atoms with van der Waals surface area (Å²) in [6.45, 7) is 11.6. The highest BCUT2D eigenvalue weighted by molar-refractivity contribution is 5.11. The van der Waals surface area contributed by atoms with Crippen LogP contribution in [0.1, 0.15) is 105 Å². The van der Waals surface area contributed by atoms with Gasteiger partial charge in [-0.05, 0) is 105 Å². The Morgan fingerprint density at radius 1 is 0.926 bits per heavy atom. The van der Waals surface area contributed by atoms with Crippen LogP contribution in [-0.2, 0) is 0 Å². The molecule has 0 aromatic heterocycles. The molecule has 156 valence electrons. The molecule has 27 heavy (non-hydrogen) atoms. The van der Waals surface area contributed by atoms with Gasteiger partial charge in [-0.1, -0.05) is 53.2 Å². The Kier molecular flexibility index (Phi) is 6.82. The first kappa shape index (κ1) is 21.4. The number of hydrogen-bond donors (Lipinski definition) is 1. The minimum atomic E-state index is -0.0144. The number of fused-ring (bicyclic) bond motifs is 5. The van der Waals surface area contributed by atoms with Crippen molar-refractivity contribution < 1.29 is 5.11 Å². The van der Waals surface area contributed by atoms with E-state index < -0.39 is 0 Å². The Labute approximate surface area is 169 Å². The predicted octanol–water partition coefficient (Wildman–Crippen LogP) is 7.39. The zero-order valence-corrected chi connectivity index (χ0v) is 18.8. The quantitative estimate of drug-likeness (QED) is 0.500. The van der Waals surface area contributed by atoms with Gasteiger partial charge in [0.05, 0.1) is 6.10 Å². The first-order valence-electron chi connectivity index (χ1n) is 12.3. The van der Waals surface area contributed by atoms with Crippen LogP contribution in [0.3, 0.4) is 0 Å². The molecule has 4 aliphatic rings. The molecule has 5 unspecified atom stereocenters. The predicted molar refractivity (Wildman–Crippen MR) is 117 cm³/mol. The normalized spacial score (nSPS) is 49.0. The Hall–Kier alpha value is -0.300. The average molecular weight is 375 g/mol. The highest BCUT2D eigenvalue weighted by Crippen LogP contribution is 2.65. The first-order chi connectivity index (χ1) is 13.0. The monoisotopic (exact) mass is 374 g/mol. The van der Waals surface area contributed by atoms with Crippen LogP contribution in [0.15, 0.2) is 12.2 Å². The fourth-order valence-corrected chi connectivity index (χ4v) is 8.08. The molecular formula is C26H46O. The van der Waals surface area contributed by atoms with Crippen LogP contribution in [0.2, 0.25) is 0 Å². The summed E-state index contributed by atoms with van der Waals surface area (Å²) in [5.41, 5.74) is 1.06. The maximum Gasteiger partial charge on any atom is 0.0543 e. The molecule has 8 atom stereocenters. The Morgan fingerprint density at radius 2 is 1.63 bits per heavy atom. The van der Waals surface area contributed by atoms with Gasteiger partial charge in [-0.2, -0.15) is 0 Å². The molecule has 0 aromatic carbocycles. The van der Waals surface area contributed by atoms with Crippen molar-refractivity contribution in [2.75, 3.05) is 0 Å². The summed E-state index contributed by atoms with van der Waals surface area (Å²) < 4.78 is 0. The molecule has 4 aliphatic carbocycles. The number of aliphatic hydroxyl groups is 1. The highest BCUT2D eigenvalue weighted by Gasteiger charge is 2.57. The van der Waals surface area contributed by atoms with Crippen molar-refractivity contribution in [3.05, 3.63) is 12.2 Å². The summed E-state index contributed by atoms with van der Waals surface area (Å²) >= 11 is 0. The summed E-state index contributed by atoms with van der Waals surface area (Å²) in [6, 6.07) is 0. The molecule has 4 rings (SSSR count). The Balaban J connectivity index is 0.00000102. The molecular weight excluding hydrogens is 328 g/mol. The third kappa shape index (κ3) is 3.67. The van der Waals surface area contributed by atoms with Gasteiger partial charge in [0.15, 0.2) is 0 Å². The van der Waals surface area contributed by atoms with Crippen molar-refractivity contribution in [1.82, 2.24) is 0 Å². The van der Waals surface area contributed by atoms with Crippen LogP contribution in [0.4, 0.5) is 0 Å². The van der Waals surface area contributed by atoms with Gasteiger partial charge in [-0.15, -0.1) is 0 Å². The van der Waals surface area contributed by atoms with Crippen LogP contribution >= 0.6 is 0 Å². The molecule has 0 aliphatic heterocycles. The van der Waals surface area contributed by atoms with E-state index in [0.29, 0.717) is 10.8 Å². The largest absolute Gasteiger partial charge is 0.393 e. The van der Waals surface area contributed by atoms with Crippen molar-refractivity contribution in [2.24, 2.45) is 40.4 Å². The molecule has 0 heterocycles. The summed E-state index contributed by atoms with van der Waals surface area (Å²) in [5, 5.41) is 10.2. The molecule has 3 saturated carbocycles. The van der Waals surface area contributed by atoms with E-state index in [1.165, 1.54) is 57.8 Å². The number of hydrogen-bond acceptors (Lipinski definition) is 1. The molecule has 0 saturated heterocycles. The van der Waals surface area contributed by atoms with E-state index in [0.717, 1.165) is 42.4 Å². The summed E-state index contributed by atoms with van der Waals surface area (Å²) in [6.07, 6.45) is 19.7. The van der Waals surface area contributed by atoms with E-state index in [9.17, 15) is 5.11 Å². The number of aliphatic hydroxyl groups excluding tert-OH is 1. The first-order valence-corrected chi connectivity index (χ1v) is 12.3. The van der Waals surface area contributed by atoms with E-state index in [1.54, 1.807) is 0 Å². The molecule has 0 aromatic rings. The molecule has 0 radical (unpaired) electrons. The summed E-state index contributed by atoms with van der Waals surface area (Å²) in [7, 11) is 0. The van der Waals surface area contributed by atoms with Crippen LogP contribution in [0.5, 0.6) is 0 Å². The van der Waals surface area contributed by atoms with Crippen molar-refractivity contribution in [1.29, 1.82) is 0 Å². The lowest BCUT2D eigenvalue weighted by atomic mass is 9.43. The van der Waals surface area contributed by atoms with Gasteiger partial charge in [0.25, 0.3) is 0 Å². The van der Waals surface area contributed by atoms with Gasteiger partial charge in [-0.25, -0.2) is 0 Å². The second-order valence-electron chi connectivity index (χ2n) is 10.5. The van der Waals surface area contributed by atoms with E-state index in [2.05, 4.69) is 32.9 Å². The van der Waals surface area contributed by atoms with Gasteiger partial charge in [0, 0.05) is 0 Å². The zero-order valence-electron chi connectivity index (χ0n) is 18.8. The van der Waals surface area contributed by atoms with Crippen molar-refractivity contribution in [2.45, 2.75) is 111 Å². The standard InChI is InChI=1S/C24H40O.C2H6/c1-4-7-17-8-5-6-9-21-20-11-10-18-16-19(25)12-14-24(18,3)22(20)13-15-23(17,21)2;1-2/h5,8,17-22,25H,4,6-7,9-16H2,1-3H3;1-2H3/t17?,18-,19-,20?,21?,22?,23+,24?;/m0./s1. The molecule has 0 bridgehead atoms. The van der Waals surface area contributed by atoms with E-state index in [-0.39, 0.29) is 6.10 Å². The third-order valence-electron chi connectivity index (χ3n) is 9.54. The minimum absolute atomic E-state index is 0.0144. The van der Waals surface area contributed by atoms with E-state index in [1.807, 2.05) is 13.8 Å². The topological polar surface area (TPSA) is 20.2 Å². The van der Waals surface area contributed by atoms with Crippen LogP contribution in [0.25, 0.3) is 0 Å². The Bertz CT molecular complexity index is 510. The maximum absolute atomic E-state index is 10.2.